The minimum Gasteiger partial charge on any atom is -0.493 e. The Hall–Kier alpha value is -2.95. The maximum absolute atomic E-state index is 5.89. The zero-order chi connectivity index (χ0) is 18.6. The Balaban J connectivity index is 2.03. The average Bonchev–Trinajstić information content (AvgIpc) is 2.69. The van der Waals surface area contributed by atoms with Gasteiger partial charge < -0.3 is 20.1 Å². The van der Waals surface area contributed by atoms with E-state index in [0.29, 0.717) is 25.4 Å². The fourth-order valence-corrected chi connectivity index (χ4v) is 2.35. The second-order valence-electron chi connectivity index (χ2n) is 5.62. The first-order valence-corrected chi connectivity index (χ1v) is 8.73. The van der Waals surface area contributed by atoms with Gasteiger partial charge in [0.25, 0.3) is 0 Å². The first-order chi connectivity index (χ1) is 12.8. The lowest BCUT2D eigenvalue weighted by Crippen LogP contribution is -2.37. The summed E-state index contributed by atoms with van der Waals surface area (Å²) < 4.78 is 11.4. The topological polar surface area (TPSA) is 54.9 Å². The lowest BCUT2D eigenvalue weighted by molar-refractivity contribution is 0.284. The molecule has 0 aliphatic rings. The SMILES string of the molecule is C=CCNC(=NCc1ccc(OCc2ccccc2)c(OC)c1)NCC. The molecule has 26 heavy (non-hydrogen) atoms. The van der Waals surface area contributed by atoms with Gasteiger partial charge in [-0.3, -0.25) is 0 Å². The lowest BCUT2D eigenvalue weighted by atomic mass is 10.2. The summed E-state index contributed by atoms with van der Waals surface area (Å²) in [5.41, 5.74) is 2.16. The summed E-state index contributed by atoms with van der Waals surface area (Å²) in [4.78, 5) is 4.57. The second-order valence-corrected chi connectivity index (χ2v) is 5.62. The van der Waals surface area contributed by atoms with Crippen LogP contribution in [0.4, 0.5) is 0 Å². The summed E-state index contributed by atoms with van der Waals surface area (Å²) in [5, 5.41) is 6.39. The smallest absolute Gasteiger partial charge is 0.191 e. The summed E-state index contributed by atoms with van der Waals surface area (Å²) >= 11 is 0. The first kappa shape index (κ1) is 19.4. The zero-order valence-corrected chi connectivity index (χ0v) is 15.5. The van der Waals surface area contributed by atoms with Crippen molar-refractivity contribution in [2.45, 2.75) is 20.1 Å². The van der Waals surface area contributed by atoms with Crippen LogP contribution < -0.4 is 20.1 Å². The molecule has 0 bridgehead atoms. The van der Waals surface area contributed by atoms with Crippen molar-refractivity contribution in [1.82, 2.24) is 10.6 Å². The van der Waals surface area contributed by atoms with Gasteiger partial charge in [0, 0.05) is 13.1 Å². The van der Waals surface area contributed by atoms with Crippen molar-refractivity contribution in [2.24, 2.45) is 4.99 Å². The largest absolute Gasteiger partial charge is 0.493 e. The zero-order valence-electron chi connectivity index (χ0n) is 15.5. The van der Waals surface area contributed by atoms with E-state index in [4.69, 9.17) is 9.47 Å². The second kappa shape index (κ2) is 10.8. The van der Waals surface area contributed by atoms with Gasteiger partial charge in [-0.2, -0.15) is 0 Å². The fraction of sp³-hybridized carbons (Fsp3) is 0.286. The van der Waals surface area contributed by atoms with E-state index in [1.807, 2.05) is 55.5 Å². The van der Waals surface area contributed by atoms with Gasteiger partial charge in [0.15, 0.2) is 17.5 Å². The third-order valence-electron chi connectivity index (χ3n) is 3.64. The molecule has 0 heterocycles. The van der Waals surface area contributed by atoms with Crippen LogP contribution in [0.1, 0.15) is 18.1 Å². The van der Waals surface area contributed by atoms with Gasteiger partial charge >= 0.3 is 0 Å². The molecule has 0 saturated heterocycles. The van der Waals surface area contributed by atoms with Crippen LogP contribution in [0.25, 0.3) is 0 Å². The van der Waals surface area contributed by atoms with E-state index in [-0.39, 0.29) is 0 Å². The quantitative estimate of drug-likeness (QED) is 0.411. The summed E-state index contributed by atoms with van der Waals surface area (Å²) in [6, 6.07) is 16.0. The Kier molecular flexibility index (Phi) is 8.06. The summed E-state index contributed by atoms with van der Waals surface area (Å²) in [6.07, 6.45) is 1.80. The fourth-order valence-electron chi connectivity index (χ4n) is 2.35. The van der Waals surface area contributed by atoms with E-state index < -0.39 is 0 Å². The molecule has 0 aliphatic carbocycles. The van der Waals surface area contributed by atoms with Gasteiger partial charge in [-0.05, 0) is 30.2 Å². The van der Waals surface area contributed by atoms with Crippen molar-refractivity contribution in [3.8, 4) is 11.5 Å². The Morgan fingerprint density at radius 1 is 1.08 bits per heavy atom. The molecule has 0 aromatic heterocycles. The monoisotopic (exact) mass is 353 g/mol. The Labute approximate surface area is 155 Å². The van der Waals surface area contributed by atoms with Gasteiger partial charge in [0.05, 0.1) is 13.7 Å². The Morgan fingerprint density at radius 2 is 1.88 bits per heavy atom. The number of benzene rings is 2. The molecular formula is C21H27N3O2. The average molecular weight is 353 g/mol. The van der Waals surface area contributed by atoms with Crippen LogP contribution in [0.3, 0.4) is 0 Å². The number of nitrogens with zero attached hydrogens (tertiary/aromatic N) is 1. The predicted octanol–water partition coefficient (Wildman–Crippen LogP) is 3.52. The molecule has 0 unspecified atom stereocenters. The summed E-state index contributed by atoms with van der Waals surface area (Å²) in [7, 11) is 1.65. The van der Waals surface area contributed by atoms with Crippen molar-refractivity contribution >= 4 is 5.96 Å². The minimum absolute atomic E-state index is 0.505. The molecule has 0 saturated carbocycles. The van der Waals surface area contributed by atoms with E-state index in [9.17, 15) is 0 Å². The molecule has 0 fully saturated rings. The van der Waals surface area contributed by atoms with Crippen molar-refractivity contribution < 1.29 is 9.47 Å². The standard InChI is InChI=1S/C21H27N3O2/c1-4-13-23-21(22-5-2)24-15-18-11-12-19(20(14-18)25-3)26-16-17-9-7-6-8-10-17/h4,6-12,14H,1,5,13,15-16H2,2-3H3,(H2,22,23,24). The minimum atomic E-state index is 0.505. The highest BCUT2D eigenvalue weighted by atomic mass is 16.5. The molecule has 2 aromatic carbocycles. The van der Waals surface area contributed by atoms with Crippen molar-refractivity contribution in [3.63, 3.8) is 0 Å². The maximum Gasteiger partial charge on any atom is 0.191 e. The number of nitrogens with one attached hydrogen (secondary N) is 2. The number of aliphatic imine (C=N–C) groups is 1. The van der Waals surface area contributed by atoms with Crippen LogP contribution in [-0.2, 0) is 13.2 Å². The number of methoxy groups -OCH3 is 1. The lowest BCUT2D eigenvalue weighted by Gasteiger charge is -2.13. The summed E-state index contributed by atoms with van der Waals surface area (Å²) in [6.45, 7) is 8.26. The van der Waals surface area contributed by atoms with Crippen LogP contribution in [0, 0.1) is 0 Å². The van der Waals surface area contributed by atoms with Gasteiger partial charge in [0.2, 0.25) is 0 Å². The van der Waals surface area contributed by atoms with Crippen LogP contribution in [0.5, 0.6) is 11.5 Å². The van der Waals surface area contributed by atoms with Crippen molar-refractivity contribution in [1.29, 1.82) is 0 Å². The molecule has 0 spiro atoms. The van der Waals surface area contributed by atoms with E-state index in [1.54, 1.807) is 13.2 Å². The molecular weight excluding hydrogens is 326 g/mol. The highest BCUT2D eigenvalue weighted by molar-refractivity contribution is 5.79. The van der Waals surface area contributed by atoms with Crippen molar-refractivity contribution in [2.75, 3.05) is 20.2 Å². The molecule has 138 valence electrons. The third kappa shape index (κ3) is 6.16. The number of hydrogen-bond donors (Lipinski definition) is 2. The van der Waals surface area contributed by atoms with Crippen molar-refractivity contribution in [3.05, 3.63) is 72.3 Å². The normalized spacial score (nSPS) is 10.9. The predicted molar refractivity (Wildman–Crippen MR) is 107 cm³/mol. The van der Waals surface area contributed by atoms with Crippen LogP contribution in [0.2, 0.25) is 0 Å². The van der Waals surface area contributed by atoms with Gasteiger partial charge in [-0.25, -0.2) is 4.99 Å². The molecule has 0 aliphatic heterocycles. The molecule has 5 heteroatoms. The van der Waals surface area contributed by atoms with E-state index in [0.717, 1.165) is 29.4 Å². The number of rotatable bonds is 9. The van der Waals surface area contributed by atoms with Gasteiger partial charge in [-0.15, -0.1) is 6.58 Å². The van der Waals surface area contributed by atoms with E-state index >= 15 is 0 Å². The molecule has 0 radical (unpaired) electrons. The Bertz CT molecular complexity index is 714. The van der Waals surface area contributed by atoms with Crippen LogP contribution in [-0.4, -0.2) is 26.2 Å². The van der Waals surface area contributed by atoms with Gasteiger partial charge in [0.1, 0.15) is 6.61 Å². The number of guanidine groups is 1. The molecule has 2 N–H and O–H groups in total. The van der Waals surface area contributed by atoms with E-state index in [1.165, 1.54) is 0 Å². The van der Waals surface area contributed by atoms with Crippen LogP contribution >= 0.6 is 0 Å². The van der Waals surface area contributed by atoms with E-state index in [2.05, 4.69) is 22.2 Å². The number of hydrogen-bond acceptors (Lipinski definition) is 3. The summed E-state index contributed by atoms with van der Waals surface area (Å²) in [5.74, 6) is 2.19. The highest BCUT2D eigenvalue weighted by Gasteiger charge is 2.06. The molecule has 0 atom stereocenters. The molecule has 2 rings (SSSR count). The maximum atomic E-state index is 5.89. The van der Waals surface area contributed by atoms with Crippen LogP contribution in [0.15, 0.2) is 66.2 Å². The first-order valence-electron chi connectivity index (χ1n) is 8.73. The number of ether oxygens (including phenoxy) is 2. The van der Waals surface area contributed by atoms with Gasteiger partial charge in [-0.1, -0.05) is 42.5 Å². The molecule has 5 nitrogen and oxygen atoms in total. The molecule has 2 aromatic rings. The Morgan fingerprint density at radius 3 is 2.58 bits per heavy atom. The highest BCUT2D eigenvalue weighted by Crippen LogP contribution is 2.29. The molecule has 0 amide bonds. The third-order valence-corrected chi connectivity index (χ3v) is 3.64.